The molecular formula is C12H20N2S2. The molecule has 2 unspecified atom stereocenters. The quantitative estimate of drug-likeness (QED) is 0.871. The highest BCUT2D eigenvalue weighted by atomic mass is 32.2. The Labute approximate surface area is 106 Å². The summed E-state index contributed by atoms with van der Waals surface area (Å²) in [7, 11) is 4.32. The minimum Gasteiger partial charge on any atom is -0.311 e. The zero-order valence-electron chi connectivity index (χ0n) is 9.98. The number of thioether (sulfide) groups is 1. The molecule has 1 fully saturated rings. The lowest BCUT2D eigenvalue weighted by Crippen LogP contribution is -2.36. The maximum Gasteiger partial charge on any atom is 0.0561 e. The Morgan fingerprint density at radius 2 is 2.44 bits per heavy atom. The van der Waals surface area contributed by atoms with Gasteiger partial charge in [0.1, 0.15) is 0 Å². The third-order valence-electron chi connectivity index (χ3n) is 3.02. The number of nitrogens with one attached hydrogen (secondary N) is 1. The van der Waals surface area contributed by atoms with Crippen molar-refractivity contribution in [2.75, 3.05) is 32.1 Å². The van der Waals surface area contributed by atoms with E-state index in [1.807, 2.05) is 11.3 Å². The number of rotatable bonds is 5. The summed E-state index contributed by atoms with van der Waals surface area (Å²) in [5.41, 5.74) is 0. The maximum atomic E-state index is 3.70. The lowest BCUT2D eigenvalue weighted by Gasteiger charge is -2.25. The Balaban J connectivity index is 1.88. The number of hydrogen-bond donors (Lipinski definition) is 1. The number of likely N-dealkylation sites (N-methyl/N-ethyl adjacent to an activating group) is 1. The predicted octanol–water partition coefficient (Wildman–Crippen LogP) is 2.45. The molecule has 0 aromatic carbocycles. The molecule has 4 heteroatoms. The topological polar surface area (TPSA) is 15.3 Å². The third kappa shape index (κ3) is 3.23. The molecule has 0 spiro atoms. The van der Waals surface area contributed by atoms with Gasteiger partial charge in [0.25, 0.3) is 0 Å². The molecule has 0 bridgehead atoms. The zero-order chi connectivity index (χ0) is 11.4. The first-order chi connectivity index (χ1) is 7.77. The van der Waals surface area contributed by atoms with Crippen LogP contribution in [-0.2, 0) is 0 Å². The van der Waals surface area contributed by atoms with E-state index in [0.29, 0.717) is 6.04 Å². The average molecular weight is 256 g/mol. The largest absolute Gasteiger partial charge is 0.311 e. The Morgan fingerprint density at radius 3 is 3.00 bits per heavy atom. The van der Waals surface area contributed by atoms with Gasteiger partial charge in [0.15, 0.2) is 0 Å². The van der Waals surface area contributed by atoms with Crippen LogP contribution in [0, 0.1) is 0 Å². The summed E-state index contributed by atoms with van der Waals surface area (Å²) in [5, 5.41) is 5.86. The molecular weight excluding hydrogens is 236 g/mol. The van der Waals surface area contributed by atoms with E-state index in [1.54, 1.807) is 0 Å². The standard InChI is InChI=1S/C12H20N2S2/c1-14(2)11(12-4-3-6-16-12)8-13-10-5-7-15-9-10/h3-4,6,10-11,13H,5,7-9H2,1-2H3. The second-order valence-corrected chi connectivity index (χ2v) is 6.59. The lowest BCUT2D eigenvalue weighted by molar-refractivity contribution is 0.285. The summed E-state index contributed by atoms with van der Waals surface area (Å²) >= 11 is 3.92. The second-order valence-electron chi connectivity index (χ2n) is 4.46. The number of hydrogen-bond acceptors (Lipinski definition) is 4. The summed E-state index contributed by atoms with van der Waals surface area (Å²) in [4.78, 5) is 3.77. The minimum absolute atomic E-state index is 0.519. The molecule has 90 valence electrons. The van der Waals surface area contributed by atoms with Gasteiger partial charge in [0.05, 0.1) is 6.04 Å². The summed E-state index contributed by atoms with van der Waals surface area (Å²) in [6.07, 6.45) is 1.33. The number of thiophene rings is 1. The Bertz CT molecular complexity index is 292. The van der Waals surface area contributed by atoms with Crippen molar-refractivity contribution in [3.05, 3.63) is 22.4 Å². The van der Waals surface area contributed by atoms with Crippen molar-refractivity contribution < 1.29 is 0 Å². The van der Waals surface area contributed by atoms with Crippen LogP contribution >= 0.6 is 23.1 Å². The zero-order valence-corrected chi connectivity index (χ0v) is 11.6. The third-order valence-corrected chi connectivity index (χ3v) is 5.16. The van der Waals surface area contributed by atoms with Crippen molar-refractivity contribution in [3.8, 4) is 0 Å². The summed E-state index contributed by atoms with van der Waals surface area (Å²) < 4.78 is 0. The maximum absolute atomic E-state index is 3.70. The Kier molecular flexibility index (Phi) is 4.70. The minimum atomic E-state index is 0.519. The fourth-order valence-electron chi connectivity index (χ4n) is 1.99. The molecule has 0 saturated carbocycles. The molecule has 1 aliphatic heterocycles. The normalized spacial score (nSPS) is 22.8. The van der Waals surface area contributed by atoms with Crippen molar-refractivity contribution in [1.29, 1.82) is 0 Å². The molecule has 0 amide bonds. The molecule has 0 aliphatic carbocycles. The van der Waals surface area contributed by atoms with E-state index in [-0.39, 0.29) is 0 Å². The van der Waals surface area contributed by atoms with E-state index in [0.717, 1.165) is 12.6 Å². The molecule has 2 atom stereocenters. The molecule has 1 aliphatic rings. The van der Waals surface area contributed by atoms with Crippen LogP contribution in [0.2, 0.25) is 0 Å². The van der Waals surface area contributed by atoms with Gasteiger partial charge >= 0.3 is 0 Å². The van der Waals surface area contributed by atoms with Crippen LogP contribution in [0.4, 0.5) is 0 Å². The molecule has 1 N–H and O–H groups in total. The first-order valence-electron chi connectivity index (χ1n) is 5.78. The highest BCUT2D eigenvalue weighted by Crippen LogP contribution is 2.23. The van der Waals surface area contributed by atoms with Gasteiger partial charge in [0, 0.05) is 23.2 Å². The van der Waals surface area contributed by atoms with E-state index < -0.39 is 0 Å². The lowest BCUT2D eigenvalue weighted by atomic mass is 10.2. The van der Waals surface area contributed by atoms with Crippen LogP contribution in [0.5, 0.6) is 0 Å². The highest BCUT2D eigenvalue weighted by molar-refractivity contribution is 7.99. The molecule has 2 heterocycles. The second kappa shape index (κ2) is 6.05. The van der Waals surface area contributed by atoms with Crippen LogP contribution in [0.25, 0.3) is 0 Å². The molecule has 2 rings (SSSR count). The van der Waals surface area contributed by atoms with Gasteiger partial charge in [-0.05, 0) is 37.7 Å². The highest BCUT2D eigenvalue weighted by Gasteiger charge is 2.19. The molecule has 1 saturated heterocycles. The number of nitrogens with zero attached hydrogens (tertiary/aromatic N) is 1. The van der Waals surface area contributed by atoms with Crippen LogP contribution in [0.15, 0.2) is 17.5 Å². The summed E-state index contributed by atoms with van der Waals surface area (Å²) in [5.74, 6) is 2.61. The SMILES string of the molecule is CN(C)C(CNC1CCSC1)c1cccs1. The van der Waals surface area contributed by atoms with Crippen molar-refractivity contribution in [2.45, 2.75) is 18.5 Å². The fraction of sp³-hybridized carbons (Fsp3) is 0.667. The molecule has 16 heavy (non-hydrogen) atoms. The van der Waals surface area contributed by atoms with E-state index in [4.69, 9.17) is 0 Å². The molecule has 0 radical (unpaired) electrons. The van der Waals surface area contributed by atoms with E-state index in [9.17, 15) is 0 Å². The average Bonchev–Trinajstić information content (AvgIpc) is 2.88. The van der Waals surface area contributed by atoms with Gasteiger partial charge < -0.3 is 10.2 Å². The van der Waals surface area contributed by atoms with Crippen LogP contribution < -0.4 is 5.32 Å². The molecule has 2 nitrogen and oxygen atoms in total. The van der Waals surface area contributed by atoms with Crippen LogP contribution in [0.3, 0.4) is 0 Å². The first kappa shape index (κ1) is 12.4. The monoisotopic (exact) mass is 256 g/mol. The first-order valence-corrected chi connectivity index (χ1v) is 7.82. The van der Waals surface area contributed by atoms with Gasteiger partial charge in [0.2, 0.25) is 0 Å². The molecule has 1 aromatic rings. The molecule has 1 aromatic heterocycles. The van der Waals surface area contributed by atoms with Crippen LogP contribution in [0.1, 0.15) is 17.3 Å². The van der Waals surface area contributed by atoms with Crippen LogP contribution in [-0.4, -0.2) is 43.1 Å². The van der Waals surface area contributed by atoms with Gasteiger partial charge in [-0.1, -0.05) is 6.07 Å². The van der Waals surface area contributed by atoms with Gasteiger partial charge in [-0.2, -0.15) is 11.8 Å². The van der Waals surface area contributed by atoms with Crippen molar-refractivity contribution >= 4 is 23.1 Å². The van der Waals surface area contributed by atoms with Crippen molar-refractivity contribution in [3.63, 3.8) is 0 Å². The van der Waals surface area contributed by atoms with E-state index in [2.05, 4.69) is 53.6 Å². The summed E-state index contributed by atoms with van der Waals surface area (Å²) in [6, 6.07) is 5.63. The van der Waals surface area contributed by atoms with Gasteiger partial charge in [-0.3, -0.25) is 0 Å². The smallest absolute Gasteiger partial charge is 0.0561 e. The van der Waals surface area contributed by atoms with Crippen molar-refractivity contribution in [2.24, 2.45) is 0 Å². The predicted molar refractivity (Wildman–Crippen MR) is 74.5 cm³/mol. The van der Waals surface area contributed by atoms with E-state index in [1.165, 1.54) is 22.8 Å². The van der Waals surface area contributed by atoms with E-state index >= 15 is 0 Å². The Hall–Kier alpha value is -0.0300. The van der Waals surface area contributed by atoms with Crippen molar-refractivity contribution in [1.82, 2.24) is 10.2 Å². The fourth-order valence-corrected chi connectivity index (χ4v) is 4.10. The Morgan fingerprint density at radius 1 is 1.56 bits per heavy atom. The van der Waals surface area contributed by atoms with Gasteiger partial charge in [-0.15, -0.1) is 11.3 Å². The van der Waals surface area contributed by atoms with Gasteiger partial charge in [-0.25, -0.2) is 0 Å². The summed E-state index contributed by atoms with van der Waals surface area (Å²) in [6.45, 7) is 1.07.